The molecule has 9 heteroatoms. The first-order valence-electron chi connectivity index (χ1n) is 10.2. The van der Waals surface area contributed by atoms with E-state index in [0.717, 1.165) is 47.8 Å². The lowest BCUT2D eigenvalue weighted by Crippen LogP contribution is -2.43. The van der Waals surface area contributed by atoms with Crippen molar-refractivity contribution in [1.29, 1.82) is 0 Å². The standard InChI is InChI=1S/C20H29N7O2/c1-11(2)15-9-17(25-24-15)22-18-13-6-5-7-14(13)21-20(23-18)27-10-12(28)8-16(27)19(29)26(3)4/h9,11-12,16,28H,5-8,10H2,1-4H3,(H2,21,22,23,24,25)/t12-,16?/m1/s1. The van der Waals surface area contributed by atoms with Crippen LogP contribution in [0.1, 0.15) is 49.6 Å². The molecular weight excluding hydrogens is 370 g/mol. The molecule has 29 heavy (non-hydrogen) atoms. The summed E-state index contributed by atoms with van der Waals surface area (Å²) in [5.74, 6) is 2.25. The maximum Gasteiger partial charge on any atom is 0.244 e. The van der Waals surface area contributed by atoms with Gasteiger partial charge in [-0.1, -0.05) is 13.8 Å². The number of aryl methyl sites for hydroxylation is 1. The number of H-pyrrole nitrogens is 1. The van der Waals surface area contributed by atoms with Crippen LogP contribution in [0.15, 0.2) is 6.07 Å². The van der Waals surface area contributed by atoms with Crippen molar-refractivity contribution in [3.63, 3.8) is 0 Å². The summed E-state index contributed by atoms with van der Waals surface area (Å²) in [6.07, 6.45) is 2.65. The fraction of sp³-hybridized carbons (Fsp3) is 0.600. The van der Waals surface area contributed by atoms with Gasteiger partial charge in [-0.15, -0.1) is 0 Å². The number of β-amino-alcohol motifs (C(OH)–C–C–N with tert-alkyl or cyclic N) is 1. The Bertz CT molecular complexity index is 908. The first-order valence-corrected chi connectivity index (χ1v) is 10.2. The monoisotopic (exact) mass is 399 g/mol. The van der Waals surface area contributed by atoms with Gasteiger partial charge in [0.1, 0.15) is 11.9 Å². The van der Waals surface area contributed by atoms with Crippen LogP contribution < -0.4 is 10.2 Å². The van der Waals surface area contributed by atoms with Gasteiger partial charge in [-0.05, 0) is 25.2 Å². The van der Waals surface area contributed by atoms with Gasteiger partial charge in [-0.2, -0.15) is 10.1 Å². The van der Waals surface area contributed by atoms with Gasteiger partial charge < -0.3 is 20.2 Å². The van der Waals surface area contributed by atoms with Gasteiger partial charge >= 0.3 is 0 Å². The Labute approximate surface area is 170 Å². The second kappa shape index (κ2) is 7.62. The van der Waals surface area contributed by atoms with Crippen LogP contribution in [-0.2, 0) is 17.6 Å². The smallest absolute Gasteiger partial charge is 0.244 e. The Balaban J connectivity index is 1.68. The number of nitrogens with one attached hydrogen (secondary N) is 2. The van der Waals surface area contributed by atoms with Gasteiger partial charge in [0.2, 0.25) is 11.9 Å². The topological polar surface area (TPSA) is 110 Å². The van der Waals surface area contributed by atoms with Gasteiger partial charge in [0, 0.05) is 44.4 Å². The molecule has 4 rings (SSSR count). The lowest BCUT2D eigenvalue weighted by Gasteiger charge is -2.26. The summed E-state index contributed by atoms with van der Waals surface area (Å²) in [4.78, 5) is 25.6. The first-order chi connectivity index (χ1) is 13.8. The lowest BCUT2D eigenvalue weighted by molar-refractivity contribution is -0.130. The molecule has 156 valence electrons. The highest BCUT2D eigenvalue weighted by Gasteiger charge is 2.39. The Morgan fingerprint density at radius 1 is 1.34 bits per heavy atom. The molecule has 0 bridgehead atoms. The number of anilines is 3. The van der Waals surface area contributed by atoms with Crippen LogP contribution in [-0.4, -0.2) is 68.9 Å². The number of hydrogen-bond donors (Lipinski definition) is 3. The third kappa shape index (κ3) is 3.78. The van der Waals surface area contributed by atoms with Crippen molar-refractivity contribution < 1.29 is 9.90 Å². The molecule has 1 amide bonds. The summed E-state index contributed by atoms with van der Waals surface area (Å²) in [6, 6.07) is 1.54. The zero-order valence-electron chi connectivity index (χ0n) is 17.4. The van der Waals surface area contributed by atoms with Crippen molar-refractivity contribution in [1.82, 2.24) is 25.1 Å². The number of likely N-dealkylation sites (N-methyl/N-ethyl adjacent to an activating group) is 1. The summed E-state index contributed by atoms with van der Waals surface area (Å²) in [7, 11) is 3.46. The van der Waals surface area contributed by atoms with Crippen molar-refractivity contribution >= 4 is 23.5 Å². The second-order valence-electron chi connectivity index (χ2n) is 8.43. The molecule has 1 fully saturated rings. The summed E-state index contributed by atoms with van der Waals surface area (Å²) in [5, 5.41) is 21.0. The zero-order valence-corrected chi connectivity index (χ0v) is 17.4. The largest absolute Gasteiger partial charge is 0.391 e. The number of amides is 1. The summed E-state index contributed by atoms with van der Waals surface area (Å²) in [6.45, 7) is 4.57. The average molecular weight is 399 g/mol. The maximum atomic E-state index is 12.6. The fourth-order valence-corrected chi connectivity index (χ4v) is 4.04. The number of fused-ring (bicyclic) bond motifs is 1. The van der Waals surface area contributed by atoms with E-state index in [4.69, 9.17) is 9.97 Å². The Kier molecular flexibility index (Phi) is 5.16. The van der Waals surface area contributed by atoms with Crippen LogP contribution in [0.2, 0.25) is 0 Å². The number of aromatic amines is 1. The van der Waals surface area contributed by atoms with Gasteiger partial charge in [-0.25, -0.2) is 4.98 Å². The predicted octanol–water partition coefficient (Wildman–Crippen LogP) is 1.58. The van der Waals surface area contributed by atoms with E-state index in [1.54, 1.807) is 19.0 Å². The average Bonchev–Trinajstić information content (AvgIpc) is 3.39. The molecule has 1 aliphatic carbocycles. The number of aliphatic hydroxyl groups excluding tert-OH is 1. The van der Waals surface area contributed by atoms with E-state index in [1.165, 1.54) is 0 Å². The molecule has 0 radical (unpaired) electrons. The molecule has 1 unspecified atom stereocenters. The Hall–Kier alpha value is -2.68. The molecule has 1 saturated heterocycles. The summed E-state index contributed by atoms with van der Waals surface area (Å²) in [5.41, 5.74) is 3.17. The van der Waals surface area contributed by atoms with Crippen LogP contribution in [0.25, 0.3) is 0 Å². The number of carbonyl (C=O) groups excluding carboxylic acids is 1. The molecule has 3 heterocycles. The van der Waals surface area contributed by atoms with E-state index < -0.39 is 12.1 Å². The third-order valence-corrected chi connectivity index (χ3v) is 5.65. The van der Waals surface area contributed by atoms with Gasteiger partial charge in [0.05, 0.1) is 11.8 Å². The number of hydrogen-bond acceptors (Lipinski definition) is 7. The molecule has 2 aromatic rings. The van der Waals surface area contributed by atoms with E-state index in [0.29, 0.717) is 24.8 Å². The minimum atomic E-state index is -0.572. The van der Waals surface area contributed by atoms with Crippen LogP contribution in [0.5, 0.6) is 0 Å². The lowest BCUT2D eigenvalue weighted by atomic mass is 10.1. The quantitative estimate of drug-likeness (QED) is 0.700. The van der Waals surface area contributed by atoms with Crippen molar-refractivity contribution in [3.05, 3.63) is 23.0 Å². The molecule has 1 aliphatic heterocycles. The van der Waals surface area contributed by atoms with E-state index >= 15 is 0 Å². The van der Waals surface area contributed by atoms with E-state index in [2.05, 4.69) is 29.4 Å². The van der Waals surface area contributed by atoms with Crippen molar-refractivity contribution in [3.8, 4) is 0 Å². The van der Waals surface area contributed by atoms with Crippen molar-refractivity contribution in [2.75, 3.05) is 30.9 Å². The van der Waals surface area contributed by atoms with E-state index in [1.807, 2.05) is 11.0 Å². The number of aliphatic hydroxyl groups is 1. The van der Waals surface area contributed by atoms with Crippen molar-refractivity contribution in [2.45, 2.75) is 57.6 Å². The number of rotatable bonds is 5. The van der Waals surface area contributed by atoms with Crippen LogP contribution in [0, 0.1) is 0 Å². The molecule has 9 nitrogen and oxygen atoms in total. The minimum absolute atomic E-state index is 0.0472. The Morgan fingerprint density at radius 2 is 2.14 bits per heavy atom. The molecular formula is C20H29N7O2. The number of nitrogens with zero attached hydrogens (tertiary/aromatic N) is 5. The molecule has 2 aliphatic rings. The molecule has 3 N–H and O–H groups in total. The highest BCUT2D eigenvalue weighted by atomic mass is 16.3. The fourth-order valence-electron chi connectivity index (χ4n) is 4.04. The number of aromatic nitrogens is 4. The molecule has 0 aromatic carbocycles. The molecule has 2 aromatic heterocycles. The second-order valence-corrected chi connectivity index (χ2v) is 8.43. The highest BCUT2D eigenvalue weighted by molar-refractivity contribution is 5.85. The highest BCUT2D eigenvalue weighted by Crippen LogP contribution is 2.33. The molecule has 0 saturated carbocycles. The van der Waals surface area contributed by atoms with Crippen LogP contribution in [0.3, 0.4) is 0 Å². The third-order valence-electron chi connectivity index (χ3n) is 5.65. The van der Waals surface area contributed by atoms with Crippen LogP contribution in [0.4, 0.5) is 17.6 Å². The normalized spacial score (nSPS) is 21.0. The minimum Gasteiger partial charge on any atom is -0.391 e. The van der Waals surface area contributed by atoms with Gasteiger partial charge in [0.25, 0.3) is 0 Å². The van der Waals surface area contributed by atoms with E-state index in [-0.39, 0.29) is 5.91 Å². The predicted molar refractivity (Wildman–Crippen MR) is 110 cm³/mol. The Morgan fingerprint density at radius 3 is 2.83 bits per heavy atom. The van der Waals surface area contributed by atoms with Gasteiger partial charge in [0.15, 0.2) is 5.82 Å². The number of carbonyl (C=O) groups is 1. The van der Waals surface area contributed by atoms with E-state index in [9.17, 15) is 9.90 Å². The summed E-state index contributed by atoms with van der Waals surface area (Å²) < 4.78 is 0. The SMILES string of the molecule is CC(C)c1cc(Nc2nc(N3C[C@H](O)CC3C(=O)N(C)C)nc3c2CCC3)n[nH]1. The summed E-state index contributed by atoms with van der Waals surface area (Å²) >= 11 is 0. The zero-order chi connectivity index (χ0) is 20.7. The first kappa shape index (κ1) is 19.6. The maximum absolute atomic E-state index is 12.6. The van der Waals surface area contributed by atoms with Crippen LogP contribution >= 0.6 is 0 Å². The molecule has 0 spiro atoms. The van der Waals surface area contributed by atoms with Gasteiger partial charge in [-0.3, -0.25) is 9.89 Å². The molecule has 2 atom stereocenters. The van der Waals surface area contributed by atoms with Crippen molar-refractivity contribution in [2.24, 2.45) is 0 Å².